The molecule has 0 atom stereocenters. The molecule has 0 aliphatic carbocycles. The summed E-state index contributed by atoms with van der Waals surface area (Å²) in [6.07, 6.45) is 0.391. The summed E-state index contributed by atoms with van der Waals surface area (Å²) in [5, 5.41) is 2.90. The van der Waals surface area contributed by atoms with Gasteiger partial charge in [0.25, 0.3) is 0 Å². The smallest absolute Gasteiger partial charge is 0.224 e. The Morgan fingerprint density at radius 1 is 1.19 bits per heavy atom. The zero-order valence-corrected chi connectivity index (χ0v) is 11.9. The third-order valence-electron chi connectivity index (χ3n) is 3.34. The fourth-order valence-electron chi connectivity index (χ4n) is 2.34. The van der Waals surface area contributed by atoms with Gasteiger partial charge in [-0.15, -0.1) is 0 Å². The average Bonchev–Trinajstić information content (AvgIpc) is 2.88. The number of nitrogens with one attached hydrogen (secondary N) is 2. The predicted molar refractivity (Wildman–Crippen MR) is 82.8 cm³/mol. The molecule has 0 aliphatic rings. The molecule has 1 heterocycles. The fraction of sp³-hybridized carbons (Fsp3) is 0.176. The van der Waals surface area contributed by atoms with Crippen LogP contribution < -0.4 is 5.32 Å². The molecule has 0 saturated heterocycles. The maximum atomic E-state index is 12.0. The molecule has 106 valence electrons. The normalized spacial score (nSPS) is 10.7. The van der Waals surface area contributed by atoms with E-state index in [9.17, 15) is 4.79 Å². The number of H-pyrrole nitrogens is 1. The number of carbonyl (C=O) groups is 1. The van der Waals surface area contributed by atoms with Crippen LogP contribution in [-0.4, -0.2) is 15.9 Å². The van der Waals surface area contributed by atoms with Crippen LogP contribution in [0, 0.1) is 6.92 Å². The highest BCUT2D eigenvalue weighted by Crippen LogP contribution is 2.10. The minimum absolute atomic E-state index is 0.000978. The lowest BCUT2D eigenvalue weighted by Gasteiger charge is -2.04. The average molecular weight is 279 g/mol. The van der Waals surface area contributed by atoms with Crippen molar-refractivity contribution in [3.05, 3.63) is 65.5 Å². The molecular weight excluding hydrogens is 262 g/mol. The Balaban J connectivity index is 1.60. The first kappa shape index (κ1) is 13.4. The molecule has 1 aromatic heterocycles. The first-order valence-corrected chi connectivity index (χ1v) is 6.96. The van der Waals surface area contributed by atoms with Crippen LogP contribution in [0.1, 0.15) is 17.0 Å². The summed E-state index contributed by atoms with van der Waals surface area (Å²) in [5.74, 6) is 0.773. The summed E-state index contributed by atoms with van der Waals surface area (Å²) >= 11 is 0. The van der Waals surface area contributed by atoms with Crippen LogP contribution >= 0.6 is 0 Å². The highest BCUT2D eigenvalue weighted by molar-refractivity contribution is 5.79. The molecule has 0 fully saturated rings. The maximum absolute atomic E-state index is 12.0. The van der Waals surface area contributed by atoms with Gasteiger partial charge in [0, 0.05) is 0 Å². The highest BCUT2D eigenvalue weighted by atomic mass is 16.1. The molecule has 0 bridgehead atoms. The van der Waals surface area contributed by atoms with E-state index in [4.69, 9.17) is 0 Å². The van der Waals surface area contributed by atoms with E-state index in [1.165, 1.54) is 0 Å². The molecule has 21 heavy (non-hydrogen) atoms. The van der Waals surface area contributed by atoms with Crippen molar-refractivity contribution < 1.29 is 4.79 Å². The number of nitrogens with zero attached hydrogens (tertiary/aromatic N) is 1. The van der Waals surface area contributed by atoms with Gasteiger partial charge in [-0.3, -0.25) is 4.79 Å². The minimum Gasteiger partial charge on any atom is -0.349 e. The number of fused-ring (bicyclic) bond motifs is 1. The second kappa shape index (κ2) is 5.79. The second-order valence-electron chi connectivity index (χ2n) is 5.14. The Labute approximate surface area is 123 Å². The summed E-state index contributed by atoms with van der Waals surface area (Å²) in [6.45, 7) is 2.44. The third kappa shape index (κ3) is 3.28. The first-order chi connectivity index (χ1) is 10.2. The van der Waals surface area contributed by atoms with E-state index in [1.54, 1.807) is 0 Å². The fourth-order valence-corrected chi connectivity index (χ4v) is 2.34. The van der Waals surface area contributed by atoms with Gasteiger partial charge in [-0.1, -0.05) is 42.0 Å². The summed E-state index contributed by atoms with van der Waals surface area (Å²) < 4.78 is 0. The van der Waals surface area contributed by atoms with E-state index in [2.05, 4.69) is 15.3 Å². The van der Waals surface area contributed by atoms with Gasteiger partial charge in [-0.2, -0.15) is 0 Å². The lowest BCUT2D eigenvalue weighted by Crippen LogP contribution is -2.25. The van der Waals surface area contributed by atoms with Crippen molar-refractivity contribution in [2.75, 3.05) is 0 Å². The van der Waals surface area contributed by atoms with E-state index in [0.29, 0.717) is 13.0 Å². The Bertz CT molecular complexity index is 743. The molecule has 0 saturated carbocycles. The quantitative estimate of drug-likeness (QED) is 0.771. The summed E-state index contributed by atoms with van der Waals surface area (Å²) in [4.78, 5) is 19.6. The van der Waals surface area contributed by atoms with Gasteiger partial charge in [0.15, 0.2) is 0 Å². The SMILES string of the molecule is Cc1cccc(CC(=O)NCc2nc3ccccc3[nH]2)c1. The molecule has 0 spiro atoms. The number of rotatable bonds is 4. The molecule has 4 nitrogen and oxygen atoms in total. The van der Waals surface area contributed by atoms with Crippen molar-refractivity contribution in [1.29, 1.82) is 0 Å². The monoisotopic (exact) mass is 279 g/mol. The molecule has 3 rings (SSSR count). The van der Waals surface area contributed by atoms with Crippen LogP contribution in [0.3, 0.4) is 0 Å². The van der Waals surface area contributed by atoms with Crippen LogP contribution in [0.15, 0.2) is 48.5 Å². The maximum Gasteiger partial charge on any atom is 0.224 e. The van der Waals surface area contributed by atoms with Crippen LogP contribution in [0.4, 0.5) is 0 Å². The van der Waals surface area contributed by atoms with E-state index in [-0.39, 0.29) is 5.91 Å². The molecule has 0 radical (unpaired) electrons. The predicted octanol–water partition coefficient (Wildman–Crippen LogP) is 2.73. The number of aromatic nitrogens is 2. The number of amides is 1. The van der Waals surface area contributed by atoms with Crippen molar-refractivity contribution in [1.82, 2.24) is 15.3 Å². The zero-order valence-electron chi connectivity index (χ0n) is 11.9. The molecule has 2 aromatic carbocycles. The number of benzene rings is 2. The number of hydrogen-bond donors (Lipinski definition) is 2. The highest BCUT2D eigenvalue weighted by Gasteiger charge is 2.06. The molecule has 0 aliphatic heterocycles. The molecule has 0 unspecified atom stereocenters. The van der Waals surface area contributed by atoms with Gasteiger partial charge in [-0.05, 0) is 24.6 Å². The largest absolute Gasteiger partial charge is 0.349 e. The Morgan fingerprint density at radius 3 is 2.86 bits per heavy atom. The van der Waals surface area contributed by atoms with Gasteiger partial charge in [-0.25, -0.2) is 4.98 Å². The summed E-state index contributed by atoms with van der Waals surface area (Å²) in [6, 6.07) is 15.8. The third-order valence-corrected chi connectivity index (χ3v) is 3.34. The van der Waals surface area contributed by atoms with Gasteiger partial charge < -0.3 is 10.3 Å². The molecule has 2 N–H and O–H groups in total. The van der Waals surface area contributed by atoms with Crippen molar-refractivity contribution >= 4 is 16.9 Å². The molecular formula is C17H17N3O. The molecule has 4 heteroatoms. The summed E-state index contributed by atoms with van der Waals surface area (Å²) in [7, 11) is 0. The van der Waals surface area contributed by atoms with Crippen molar-refractivity contribution in [2.45, 2.75) is 19.9 Å². The number of aromatic amines is 1. The molecule has 3 aromatic rings. The van der Waals surface area contributed by atoms with Gasteiger partial charge in [0.05, 0.1) is 24.0 Å². The summed E-state index contributed by atoms with van der Waals surface area (Å²) in [5.41, 5.74) is 4.09. The van der Waals surface area contributed by atoms with Crippen LogP contribution in [-0.2, 0) is 17.8 Å². The van der Waals surface area contributed by atoms with E-state index < -0.39 is 0 Å². The topological polar surface area (TPSA) is 57.8 Å². The van der Waals surface area contributed by atoms with E-state index >= 15 is 0 Å². The van der Waals surface area contributed by atoms with Crippen molar-refractivity contribution in [3.63, 3.8) is 0 Å². The number of para-hydroxylation sites is 2. The van der Waals surface area contributed by atoms with Crippen molar-refractivity contribution in [2.24, 2.45) is 0 Å². The Hall–Kier alpha value is -2.62. The lowest BCUT2D eigenvalue weighted by atomic mass is 10.1. The van der Waals surface area contributed by atoms with Crippen molar-refractivity contribution in [3.8, 4) is 0 Å². The van der Waals surface area contributed by atoms with E-state index in [1.807, 2.05) is 55.5 Å². The zero-order chi connectivity index (χ0) is 14.7. The van der Waals surface area contributed by atoms with Crippen LogP contribution in [0.2, 0.25) is 0 Å². The second-order valence-corrected chi connectivity index (χ2v) is 5.14. The standard InChI is InChI=1S/C17H17N3O/c1-12-5-4-6-13(9-12)10-17(21)18-11-16-19-14-7-2-3-8-15(14)20-16/h2-9H,10-11H2,1H3,(H,18,21)(H,19,20). The molecule has 1 amide bonds. The van der Waals surface area contributed by atoms with Gasteiger partial charge >= 0.3 is 0 Å². The van der Waals surface area contributed by atoms with Gasteiger partial charge in [0.1, 0.15) is 5.82 Å². The number of imidazole rings is 1. The Morgan fingerprint density at radius 2 is 2.05 bits per heavy atom. The lowest BCUT2D eigenvalue weighted by molar-refractivity contribution is -0.120. The Kier molecular flexibility index (Phi) is 3.69. The van der Waals surface area contributed by atoms with Crippen LogP contribution in [0.25, 0.3) is 11.0 Å². The number of carbonyl (C=O) groups excluding carboxylic acids is 1. The number of aryl methyl sites for hydroxylation is 1. The van der Waals surface area contributed by atoms with Crippen LogP contribution in [0.5, 0.6) is 0 Å². The van der Waals surface area contributed by atoms with E-state index in [0.717, 1.165) is 28.0 Å². The first-order valence-electron chi connectivity index (χ1n) is 6.96. The van der Waals surface area contributed by atoms with Gasteiger partial charge in [0.2, 0.25) is 5.91 Å². The number of hydrogen-bond acceptors (Lipinski definition) is 2. The minimum atomic E-state index is 0.000978.